The van der Waals surface area contributed by atoms with Crippen molar-refractivity contribution < 1.29 is 0 Å². The van der Waals surface area contributed by atoms with E-state index in [2.05, 4.69) is 53.9 Å². The molecule has 90 valence electrons. The SMILES string of the molecule is Cn1nc(C(C)(C)C)c(Br)c1-c1ccccc1. The molecule has 0 atom stereocenters. The topological polar surface area (TPSA) is 17.8 Å². The normalized spacial score (nSPS) is 11.8. The fraction of sp³-hybridized carbons (Fsp3) is 0.357. The first-order valence-corrected chi connectivity index (χ1v) is 6.49. The molecule has 0 N–H and O–H groups in total. The van der Waals surface area contributed by atoms with E-state index in [1.807, 2.05) is 29.9 Å². The van der Waals surface area contributed by atoms with Crippen LogP contribution in [-0.4, -0.2) is 9.78 Å². The lowest BCUT2D eigenvalue weighted by molar-refractivity contribution is 0.551. The number of hydrogen-bond acceptors (Lipinski definition) is 1. The van der Waals surface area contributed by atoms with Crippen molar-refractivity contribution in [3.05, 3.63) is 40.5 Å². The van der Waals surface area contributed by atoms with Crippen LogP contribution in [0.5, 0.6) is 0 Å². The molecule has 0 aliphatic rings. The largest absolute Gasteiger partial charge is 0.266 e. The van der Waals surface area contributed by atoms with Gasteiger partial charge in [-0.25, -0.2) is 0 Å². The number of aryl methyl sites for hydroxylation is 1. The van der Waals surface area contributed by atoms with Gasteiger partial charge in [-0.3, -0.25) is 4.68 Å². The summed E-state index contributed by atoms with van der Waals surface area (Å²) in [7, 11) is 1.99. The number of hydrogen-bond donors (Lipinski definition) is 0. The molecule has 0 radical (unpaired) electrons. The third kappa shape index (κ3) is 2.29. The van der Waals surface area contributed by atoms with Gasteiger partial charge in [0, 0.05) is 18.0 Å². The van der Waals surface area contributed by atoms with E-state index < -0.39 is 0 Å². The van der Waals surface area contributed by atoms with Crippen molar-refractivity contribution >= 4 is 15.9 Å². The zero-order valence-electron chi connectivity index (χ0n) is 10.7. The zero-order valence-corrected chi connectivity index (χ0v) is 12.2. The second-order valence-electron chi connectivity index (χ2n) is 5.25. The number of halogens is 1. The molecule has 2 aromatic rings. The van der Waals surface area contributed by atoms with Crippen LogP contribution >= 0.6 is 15.9 Å². The summed E-state index contributed by atoms with van der Waals surface area (Å²) in [4.78, 5) is 0. The average molecular weight is 293 g/mol. The molecule has 0 saturated heterocycles. The molecule has 0 bridgehead atoms. The highest BCUT2D eigenvalue weighted by molar-refractivity contribution is 9.10. The van der Waals surface area contributed by atoms with Crippen molar-refractivity contribution in [3.63, 3.8) is 0 Å². The van der Waals surface area contributed by atoms with Crippen molar-refractivity contribution in [2.45, 2.75) is 26.2 Å². The minimum absolute atomic E-state index is 0.0453. The van der Waals surface area contributed by atoms with Crippen LogP contribution in [0.2, 0.25) is 0 Å². The highest BCUT2D eigenvalue weighted by atomic mass is 79.9. The van der Waals surface area contributed by atoms with Gasteiger partial charge in [0.15, 0.2) is 0 Å². The van der Waals surface area contributed by atoms with Crippen LogP contribution in [0.15, 0.2) is 34.8 Å². The third-order valence-electron chi connectivity index (χ3n) is 2.75. The molecule has 0 saturated carbocycles. The standard InChI is InChI=1S/C14H17BrN2/c1-14(2,3)13-11(15)12(17(4)16-13)10-8-6-5-7-9-10/h5-9H,1-4H3. The Labute approximate surface area is 111 Å². The smallest absolute Gasteiger partial charge is 0.0826 e. The molecule has 2 rings (SSSR count). The molecule has 0 aliphatic heterocycles. The Balaban J connectivity index is 2.61. The summed E-state index contributed by atoms with van der Waals surface area (Å²) >= 11 is 3.69. The van der Waals surface area contributed by atoms with Crippen LogP contribution in [0, 0.1) is 0 Å². The second-order valence-corrected chi connectivity index (χ2v) is 6.04. The number of rotatable bonds is 1. The maximum absolute atomic E-state index is 4.63. The van der Waals surface area contributed by atoms with Gasteiger partial charge in [0.2, 0.25) is 0 Å². The fourth-order valence-electron chi connectivity index (χ4n) is 1.89. The average Bonchev–Trinajstić information content (AvgIpc) is 2.55. The van der Waals surface area contributed by atoms with Crippen molar-refractivity contribution in [1.29, 1.82) is 0 Å². The Bertz CT molecular complexity index is 521. The van der Waals surface area contributed by atoms with Crippen molar-refractivity contribution in [2.75, 3.05) is 0 Å². The van der Waals surface area contributed by atoms with E-state index in [9.17, 15) is 0 Å². The first kappa shape index (κ1) is 12.4. The molecule has 0 aliphatic carbocycles. The van der Waals surface area contributed by atoms with Crippen molar-refractivity contribution in [2.24, 2.45) is 7.05 Å². The van der Waals surface area contributed by atoms with Crippen LogP contribution in [0.25, 0.3) is 11.3 Å². The summed E-state index contributed by atoms with van der Waals surface area (Å²) < 4.78 is 3.04. The van der Waals surface area contributed by atoms with Gasteiger partial charge < -0.3 is 0 Å². The summed E-state index contributed by atoms with van der Waals surface area (Å²) in [5, 5.41) is 4.63. The number of benzene rings is 1. The molecule has 0 fully saturated rings. The summed E-state index contributed by atoms with van der Waals surface area (Å²) in [6.07, 6.45) is 0. The predicted octanol–water partition coefficient (Wildman–Crippen LogP) is 4.15. The van der Waals surface area contributed by atoms with E-state index in [-0.39, 0.29) is 5.41 Å². The quantitative estimate of drug-likeness (QED) is 0.772. The summed E-state index contributed by atoms with van der Waals surface area (Å²) in [5.74, 6) is 0. The van der Waals surface area contributed by atoms with E-state index in [1.165, 1.54) is 5.56 Å². The molecule has 0 spiro atoms. The van der Waals surface area contributed by atoms with Crippen LogP contribution in [0.4, 0.5) is 0 Å². The molecule has 0 unspecified atom stereocenters. The van der Waals surface area contributed by atoms with Crippen LogP contribution in [0.1, 0.15) is 26.5 Å². The van der Waals surface area contributed by atoms with E-state index in [4.69, 9.17) is 0 Å². The minimum Gasteiger partial charge on any atom is -0.266 e. The zero-order chi connectivity index (χ0) is 12.6. The molecule has 1 heterocycles. The van der Waals surface area contributed by atoms with E-state index >= 15 is 0 Å². The summed E-state index contributed by atoms with van der Waals surface area (Å²) in [5.41, 5.74) is 3.46. The molecule has 1 aromatic carbocycles. The van der Waals surface area contributed by atoms with Gasteiger partial charge in [0.05, 0.1) is 15.9 Å². The van der Waals surface area contributed by atoms with Gasteiger partial charge >= 0.3 is 0 Å². The summed E-state index contributed by atoms with van der Waals surface area (Å²) in [6.45, 7) is 6.53. The van der Waals surface area contributed by atoms with E-state index in [0.29, 0.717) is 0 Å². The van der Waals surface area contributed by atoms with E-state index in [1.54, 1.807) is 0 Å². The maximum atomic E-state index is 4.63. The maximum Gasteiger partial charge on any atom is 0.0826 e. The molecule has 1 aromatic heterocycles. The van der Waals surface area contributed by atoms with Crippen LogP contribution in [0.3, 0.4) is 0 Å². The highest BCUT2D eigenvalue weighted by Gasteiger charge is 2.24. The molecule has 2 nitrogen and oxygen atoms in total. The van der Waals surface area contributed by atoms with Gasteiger partial charge in [0.25, 0.3) is 0 Å². The first-order chi connectivity index (χ1) is 7.91. The lowest BCUT2D eigenvalue weighted by atomic mass is 9.92. The molecule has 3 heteroatoms. The van der Waals surface area contributed by atoms with Gasteiger partial charge in [-0.05, 0) is 15.9 Å². The Morgan fingerprint density at radius 2 is 1.71 bits per heavy atom. The Morgan fingerprint density at radius 3 is 2.18 bits per heavy atom. The lowest BCUT2D eigenvalue weighted by Gasteiger charge is -2.15. The van der Waals surface area contributed by atoms with E-state index in [0.717, 1.165) is 15.9 Å². The number of nitrogens with zero attached hydrogens (tertiary/aromatic N) is 2. The lowest BCUT2D eigenvalue weighted by Crippen LogP contribution is -2.13. The molecular formula is C14H17BrN2. The minimum atomic E-state index is 0.0453. The van der Waals surface area contributed by atoms with Crippen LogP contribution in [-0.2, 0) is 12.5 Å². The second kappa shape index (κ2) is 4.30. The summed E-state index contributed by atoms with van der Waals surface area (Å²) in [6, 6.07) is 10.3. The third-order valence-corrected chi connectivity index (χ3v) is 3.50. The fourth-order valence-corrected chi connectivity index (χ4v) is 3.05. The van der Waals surface area contributed by atoms with Crippen LogP contribution < -0.4 is 0 Å². The predicted molar refractivity (Wildman–Crippen MR) is 75.0 cm³/mol. The highest BCUT2D eigenvalue weighted by Crippen LogP contribution is 2.36. The van der Waals surface area contributed by atoms with Gasteiger partial charge in [-0.1, -0.05) is 51.1 Å². The molecule has 0 amide bonds. The molecule has 17 heavy (non-hydrogen) atoms. The Hall–Kier alpha value is -1.09. The van der Waals surface area contributed by atoms with Gasteiger partial charge in [0.1, 0.15) is 0 Å². The molecular weight excluding hydrogens is 276 g/mol. The van der Waals surface area contributed by atoms with Gasteiger partial charge in [-0.15, -0.1) is 0 Å². The monoisotopic (exact) mass is 292 g/mol. The number of aromatic nitrogens is 2. The Morgan fingerprint density at radius 1 is 1.12 bits per heavy atom. The Kier molecular flexibility index (Phi) is 3.13. The first-order valence-electron chi connectivity index (χ1n) is 5.69. The van der Waals surface area contributed by atoms with Crippen molar-refractivity contribution in [3.8, 4) is 11.3 Å². The van der Waals surface area contributed by atoms with Crippen molar-refractivity contribution in [1.82, 2.24) is 9.78 Å². The van der Waals surface area contributed by atoms with Gasteiger partial charge in [-0.2, -0.15) is 5.10 Å².